The highest BCUT2D eigenvalue weighted by atomic mass is 79.9. The lowest BCUT2D eigenvalue weighted by molar-refractivity contribution is -0.0498. The predicted octanol–water partition coefficient (Wildman–Crippen LogP) is 3.98. The van der Waals surface area contributed by atoms with E-state index in [0.717, 1.165) is 10.0 Å². The Bertz CT molecular complexity index is 617. The first kappa shape index (κ1) is 15.4. The molecule has 21 heavy (non-hydrogen) atoms. The Morgan fingerprint density at radius 1 is 1.19 bits per heavy atom. The van der Waals surface area contributed by atoms with Crippen LogP contribution in [0.5, 0.6) is 5.75 Å². The topological polar surface area (TPSA) is 38.3 Å². The molecule has 1 N–H and O–H groups in total. The van der Waals surface area contributed by atoms with Gasteiger partial charge in [0.05, 0.1) is 0 Å². The highest BCUT2D eigenvalue weighted by Gasteiger charge is 2.06. The number of carbonyl (C=O) groups is 1. The molecule has 0 bridgehead atoms. The second-order valence-corrected chi connectivity index (χ2v) is 5.13. The zero-order valence-electron chi connectivity index (χ0n) is 10.9. The van der Waals surface area contributed by atoms with Gasteiger partial charge < -0.3 is 10.1 Å². The van der Waals surface area contributed by atoms with Gasteiger partial charge in [-0.25, -0.2) is 0 Å². The Morgan fingerprint density at radius 2 is 1.90 bits per heavy atom. The maximum atomic E-state index is 12.0. The molecule has 0 aliphatic heterocycles. The van der Waals surface area contributed by atoms with Gasteiger partial charge in [-0.15, -0.1) is 0 Å². The van der Waals surface area contributed by atoms with E-state index >= 15 is 0 Å². The number of hydrogen-bond acceptors (Lipinski definition) is 2. The molecule has 0 aliphatic carbocycles. The second-order valence-electron chi connectivity index (χ2n) is 4.22. The molecule has 0 saturated carbocycles. The van der Waals surface area contributed by atoms with Crippen LogP contribution in [0.3, 0.4) is 0 Å². The Labute approximate surface area is 129 Å². The molecule has 0 spiro atoms. The highest BCUT2D eigenvalue weighted by Crippen LogP contribution is 2.15. The fraction of sp³-hybridized carbons (Fsp3) is 0.133. The fourth-order valence-corrected chi connectivity index (χ4v) is 2.10. The lowest BCUT2D eigenvalue weighted by Crippen LogP contribution is -2.22. The minimum Gasteiger partial charge on any atom is -0.435 e. The van der Waals surface area contributed by atoms with Crippen LogP contribution in [-0.2, 0) is 6.54 Å². The van der Waals surface area contributed by atoms with E-state index < -0.39 is 6.61 Å². The van der Waals surface area contributed by atoms with Gasteiger partial charge in [0.25, 0.3) is 5.91 Å². The van der Waals surface area contributed by atoms with Gasteiger partial charge in [0.1, 0.15) is 5.75 Å². The molecule has 0 aromatic heterocycles. The Morgan fingerprint density at radius 3 is 2.52 bits per heavy atom. The number of nitrogens with one attached hydrogen (secondary N) is 1. The van der Waals surface area contributed by atoms with Crippen LogP contribution in [0.15, 0.2) is 53.0 Å². The maximum Gasteiger partial charge on any atom is 0.387 e. The van der Waals surface area contributed by atoms with Crippen LogP contribution in [0.25, 0.3) is 0 Å². The summed E-state index contributed by atoms with van der Waals surface area (Å²) in [6.07, 6.45) is 0. The van der Waals surface area contributed by atoms with Crippen molar-refractivity contribution in [3.8, 4) is 5.75 Å². The summed E-state index contributed by atoms with van der Waals surface area (Å²) >= 11 is 3.30. The van der Waals surface area contributed by atoms with Crippen molar-refractivity contribution in [2.75, 3.05) is 0 Å². The van der Waals surface area contributed by atoms with Gasteiger partial charge in [-0.2, -0.15) is 8.78 Å². The molecule has 0 heterocycles. The van der Waals surface area contributed by atoms with Crippen LogP contribution in [0.2, 0.25) is 0 Å². The molecule has 0 saturated heterocycles. The van der Waals surface area contributed by atoms with E-state index in [4.69, 9.17) is 0 Å². The van der Waals surface area contributed by atoms with Gasteiger partial charge >= 0.3 is 6.61 Å². The number of rotatable bonds is 5. The molecule has 2 aromatic rings. The zero-order valence-corrected chi connectivity index (χ0v) is 12.4. The van der Waals surface area contributed by atoms with Crippen LogP contribution in [0, 0.1) is 0 Å². The van der Waals surface area contributed by atoms with Crippen LogP contribution >= 0.6 is 15.9 Å². The van der Waals surface area contributed by atoms with Gasteiger partial charge in [0, 0.05) is 16.6 Å². The van der Waals surface area contributed by atoms with Crippen LogP contribution in [-0.4, -0.2) is 12.5 Å². The van der Waals surface area contributed by atoms with E-state index in [1.807, 2.05) is 6.07 Å². The van der Waals surface area contributed by atoms with Crippen molar-refractivity contribution in [2.24, 2.45) is 0 Å². The standard InChI is InChI=1S/C15H12BrF2NO2/c16-12-3-1-2-11(8-12)14(20)19-9-10-4-6-13(7-5-10)21-15(17)18/h1-8,15H,9H2,(H,19,20). The summed E-state index contributed by atoms with van der Waals surface area (Å²) < 4.78 is 29.1. The summed E-state index contributed by atoms with van der Waals surface area (Å²) in [5, 5.41) is 2.75. The van der Waals surface area contributed by atoms with Gasteiger partial charge in [0.15, 0.2) is 0 Å². The predicted molar refractivity (Wildman–Crippen MR) is 78.4 cm³/mol. The molecule has 2 aromatic carbocycles. The van der Waals surface area contributed by atoms with E-state index in [0.29, 0.717) is 12.1 Å². The van der Waals surface area contributed by atoms with E-state index in [9.17, 15) is 13.6 Å². The molecule has 0 aliphatic rings. The summed E-state index contributed by atoms with van der Waals surface area (Å²) in [6, 6.07) is 13.2. The van der Waals surface area contributed by atoms with E-state index in [-0.39, 0.29) is 11.7 Å². The molecule has 0 atom stereocenters. The third-order valence-corrected chi connectivity index (χ3v) is 3.18. The lowest BCUT2D eigenvalue weighted by atomic mass is 10.2. The van der Waals surface area contributed by atoms with Crippen molar-refractivity contribution in [3.05, 3.63) is 64.1 Å². The van der Waals surface area contributed by atoms with Gasteiger partial charge in [-0.05, 0) is 35.9 Å². The number of amides is 1. The minimum absolute atomic E-state index is 0.0899. The van der Waals surface area contributed by atoms with E-state index in [1.165, 1.54) is 12.1 Å². The first-order valence-corrected chi connectivity index (χ1v) is 6.91. The van der Waals surface area contributed by atoms with Crippen LogP contribution in [0.4, 0.5) is 8.78 Å². The summed E-state index contributed by atoms with van der Waals surface area (Å²) in [7, 11) is 0. The third kappa shape index (κ3) is 4.82. The molecule has 2 rings (SSSR count). The minimum atomic E-state index is -2.84. The molecule has 0 radical (unpaired) electrons. The number of halogens is 3. The normalized spacial score (nSPS) is 10.5. The van der Waals surface area contributed by atoms with Crippen molar-refractivity contribution in [1.29, 1.82) is 0 Å². The van der Waals surface area contributed by atoms with Crippen LogP contribution < -0.4 is 10.1 Å². The maximum absolute atomic E-state index is 12.0. The number of benzene rings is 2. The first-order chi connectivity index (χ1) is 10.0. The Balaban J connectivity index is 1.92. The Hall–Kier alpha value is -1.95. The quantitative estimate of drug-likeness (QED) is 0.880. The molecule has 0 fully saturated rings. The van der Waals surface area contributed by atoms with Crippen molar-refractivity contribution < 1.29 is 18.3 Å². The van der Waals surface area contributed by atoms with Crippen molar-refractivity contribution in [3.63, 3.8) is 0 Å². The molecule has 6 heteroatoms. The number of carbonyl (C=O) groups excluding carboxylic acids is 1. The van der Waals surface area contributed by atoms with Gasteiger partial charge in [-0.3, -0.25) is 4.79 Å². The van der Waals surface area contributed by atoms with E-state index in [1.54, 1.807) is 30.3 Å². The Kier molecular flexibility index (Phi) is 5.27. The average Bonchev–Trinajstić information content (AvgIpc) is 2.45. The van der Waals surface area contributed by atoms with Crippen LogP contribution in [0.1, 0.15) is 15.9 Å². The molecule has 0 unspecified atom stereocenters. The smallest absolute Gasteiger partial charge is 0.387 e. The highest BCUT2D eigenvalue weighted by molar-refractivity contribution is 9.10. The second kappa shape index (κ2) is 7.17. The van der Waals surface area contributed by atoms with Gasteiger partial charge in [0.2, 0.25) is 0 Å². The molecule has 1 amide bonds. The third-order valence-electron chi connectivity index (χ3n) is 2.69. The number of alkyl halides is 2. The fourth-order valence-electron chi connectivity index (χ4n) is 1.70. The first-order valence-electron chi connectivity index (χ1n) is 6.12. The van der Waals surface area contributed by atoms with E-state index in [2.05, 4.69) is 26.0 Å². The molecule has 110 valence electrons. The monoisotopic (exact) mass is 355 g/mol. The molecule has 3 nitrogen and oxygen atoms in total. The van der Waals surface area contributed by atoms with Gasteiger partial charge in [-0.1, -0.05) is 34.1 Å². The average molecular weight is 356 g/mol. The largest absolute Gasteiger partial charge is 0.435 e. The number of ether oxygens (including phenoxy) is 1. The van der Waals surface area contributed by atoms with Crippen molar-refractivity contribution in [1.82, 2.24) is 5.32 Å². The summed E-state index contributed by atoms with van der Waals surface area (Å²) in [5.41, 5.74) is 1.34. The molecular weight excluding hydrogens is 344 g/mol. The molecular formula is C15H12BrF2NO2. The van der Waals surface area contributed by atoms with Crippen molar-refractivity contribution >= 4 is 21.8 Å². The van der Waals surface area contributed by atoms with Crippen molar-refractivity contribution in [2.45, 2.75) is 13.2 Å². The summed E-state index contributed by atoms with van der Waals surface area (Å²) in [4.78, 5) is 11.9. The number of hydrogen-bond donors (Lipinski definition) is 1. The zero-order chi connectivity index (χ0) is 15.2. The summed E-state index contributed by atoms with van der Waals surface area (Å²) in [6.45, 7) is -2.53. The SMILES string of the molecule is O=C(NCc1ccc(OC(F)F)cc1)c1cccc(Br)c1. The summed E-state index contributed by atoms with van der Waals surface area (Å²) in [5.74, 6) is -0.115. The lowest BCUT2D eigenvalue weighted by Gasteiger charge is -2.07.